The van der Waals surface area contributed by atoms with E-state index in [1.54, 1.807) is 0 Å². The number of fused-ring (bicyclic) bond motifs is 9. The average Bonchev–Trinajstić information content (AvgIpc) is 3.93. The Morgan fingerprint density at radius 2 is 0.725 bits per heavy atom. The van der Waals surface area contributed by atoms with E-state index in [1.807, 2.05) is 23.1 Å². The molecule has 2 heterocycles. The lowest BCUT2D eigenvalue weighted by Gasteiger charge is -2.42. The van der Waals surface area contributed by atoms with Gasteiger partial charge in [-0.15, -0.1) is 11.3 Å². The molecule has 2 aliphatic rings. The summed E-state index contributed by atoms with van der Waals surface area (Å²) in [6.07, 6.45) is 0. The standard InChI is InChI=1S/C67H44S2/c1-3-23-49(24-4-1)66(57-31-11-9-29-53(57)54-30-10-12-32-58(54)66)51-27-17-21-46(39-51)65(48-37-38-61-55(42-48)56-41-44-19-7-8-20-45(44)43-64(56)68-61)47-22-18-28-52(40-47)67(50-25-5-2-6-26-50)59-33-13-15-35-62(59)69-63-36-16-14-34-60(63)67/h1-43,65H. The zero-order chi connectivity index (χ0) is 45.5. The van der Waals surface area contributed by atoms with Crippen LogP contribution in [0.3, 0.4) is 0 Å². The van der Waals surface area contributed by atoms with Crippen LogP contribution < -0.4 is 0 Å². The zero-order valence-electron chi connectivity index (χ0n) is 37.7. The van der Waals surface area contributed by atoms with E-state index in [4.69, 9.17) is 0 Å². The molecule has 12 aromatic rings. The van der Waals surface area contributed by atoms with E-state index in [2.05, 4.69) is 261 Å². The predicted octanol–water partition coefficient (Wildman–Crippen LogP) is 17.6. The molecular formula is C67H44S2. The van der Waals surface area contributed by atoms with Crippen LogP contribution in [0.15, 0.2) is 271 Å². The molecule has 0 fully saturated rings. The molecule has 0 radical (unpaired) electrons. The summed E-state index contributed by atoms with van der Waals surface area (Å²) < 4.78 is 2.63. The molecule has 1 atom stereocenters. The number of hydrogen-bond acceptors (Lipinski definition) is 2. The first-order chi connectivity index (χ1) is 34.2. The number of thiophene rings is 1. The second-order valence-electron chi connectivity index (χ2n) is 18.7. The van der Waals surface area contributed by atoms with Gasteiger partial charge in [-0.3, -0.25) is 0 Å². The maximum Gasteiger partial charge on any atom is 0.0723 e. The summed E-state index contributed by atoms with van der Waals surface area (Å²) in [6, 6.07) is 98.7. The molecule has 0 bridgehead atoms. The highest BCUT2D eigenvalue weighted by Crippen LogP contribution is 2.58. The molecular weight excluding hydrogens is 869 g/mol. The van der Waals surface area contributed by atoms with Crippen molar-refractivity contribution in [2.75, 3.05) is 0 Å². The third-order valence-electron chi connectivity index (χ3n) is 15.2. The SMILES string of the molecule is c1ccc(C2(c3cccc(C(c4cccc(C5(c6ccccc6)c6ccccc6-c6ccccc65)c4)c4ccc5sc6cc7ccccc7cc6c5c4)c3)c3ccccc3Sc3ccccc32)cc1. The van der Waals surface area contributed by atoms with Gasteiger partial charge in [0.2, 0.25) is 0 Å². The quantitative estimate of drug-likeness (QED) is 0.144. The maximum absolute atomic E-state index is 2.55. The lowest BCUT2D eigenvalue weighted by Crippen LogP contribution is -2.34. The van der Waals surface area contributed by atoms with Crippen LogP contribution in [0.5, 0.6) is 0 Å². The molecule has 14 rings (SSSR count). The molecule has 11 aromatic carbocycles. The van der Waals surface area contributed by atoms with Crippen LogP contribution in [0, 0.1) is 0 Å². The zero-order valence-corrected chi connectivity index (χ0v) is 39.4. The van der Waals surface area contributed by atoms with Gasteiger partial charge >= 0.3 is 0 Å². The summed E-state index contributed by atoms with van der Waals surface area (Å²) in [5.74, 6) is -0.0966. The fourth-order valence-corrected chi connectivity index (χ4v) is 14.6. The van der Waals surface area contributed by atoms with Crippen LogP contribution in [0.1, 0.15) is 67.1 Å². The highest BCUT2D eigenvalue weighted by molar-refractivity contribution is 7.99. The predicted molar refractivity (Wildman–Crippen MR) is 290 cm³/mol. The molecule has 0 nitrogen and oxygen atoms in total. The van der Waals surface area contributed by atoms with Gasteiger partial charge in [-0.2, -0.15) is 0 Å². The van der Waals surface area contributed by atoms with E-state index in [0.717, 1.165) is 0 Å². The van der Waals surface area contributed by atoms with Gasteiger partial charge < -0.3 is 0 Å². The van der Waals surface area contributed by atoms with Gasteiger partial charge in [-0.1, -0.05) is 236 Å². The Morgan fingerprint density at radius 3 is 1.30 bits per heavy atom. The summed E-state index contributed by atoms with van der Waals surface area (Å²) in [6.45, 7) is 0. The number of benzene rings is 11. The van der Waals surface area contributed by atoms with Crippen molar-refractivity contribution in [3.05, 3.63) is 322 Å². The van der Waals surface area contributed by atoms with Crippen LogP contribution in [0.25, 0.3) is 42.1 Å². The average molecular weight is 913 g/mol. The smallest absolute Gasteiger partial charge is 0.0723 e. The van der Waals surface area contributed by atoms with E-state index in [1.165, 1.54) is 113 Å². The molecule has 1 aliphatic heterocycles. The topological polar surface area (TPSA) is 0 Å². The van der Waals surface area contributed by atoms with Crippen molar-refractivity contribution in [1.82, 2.24) is 0 Å². The third-order valence-corrected chi connectivity index (χ3v) is 17.5. The summed E-state index contributed by atoms with van der Waals surface area (Å²) >= 11 is 3.78. The normalized spacial score (nSPS) is 14.5. The first-order valence-corrected chi connectivity index (χ1v) is 25.6. The van der Waals surface area contributed by atoms with Gasteiger partial charge in [0.25, 0.3) is 0 Å². The Bertz CT molecular complexity index is 3860. The molecule has 2 heteroatoms. The first kappa shape index (κ1) is 40.3. The van der Waals surface area contributed by atoms with Crippen LogP contribution in [0.4, 0.5) is 0 Å². The number of hydrogen-bond donors (Lipinski definition) is 0. The Balaban J connectivity index is 1.05. The van der Waals surface area contributed by atoms with Gasteiger partial charge in [0.1, 0.15) is 0 Å². The monoisotopic (exact) mass is 912 g/mol. The van der Waals surface area contributed by atoms with Crippen LogP contribution in [-0.2, 0) is 10.8 Å². The second-order valence-corrected chi connectivity index (χ2v) is 20.8. The van der Waals surface area contributed by atoms with E-state index in [9.17, 15) is 0 Å². The molecule has 0 spiro atoms. The minimum Gasteiger partial charge on any atom is -0.135 e. The van der Waals surface area contributed by atoms with Crippen molar-refractivity contribution in [1.29, 1.82) is 0 Å². The van der Waals surface area contributed by atoms with E-state index < -0.39 is 10.8 Å². The summed E-state index contributed by atoms with van der Waals surface area (Å²) in [4.78, 5) is 2.58. The molecule has 1 unspecified atom stereocenters. The highest BCUT2D eigenvalue weighted by Gasteiger charge is 2.47. The lowest BCUT2D eigenvalue weighted by atomic mass is 9.64. The van der Waals surface area contributed by atoms with Gasteiger partial charge in [0, 0.05) is 35.9 Å². The molecule has 0 amide bonds. The minimum atomic E-state index is -0.550. The van der Waals surface area contributed by atoms with Crippen molar-refractivity contribution in [3.63, 3.8) is 0 Å². The van der Waals surface area contributed by atoms with Crippen molar-refractivity contribution in [2.24, 2.45) is 0 Å². The summed E-state index contributed by atoms with van der Waals surface area (Å²) in [5, 5.41) is 5.17. The van der Waals surface area contributed by atoms with Gasteiger partial charge in [0.05, 0.1) is 10.8 Å². The molecule has 324 valence electrons. The largest absolute Gasteiger partial charge is 0.135 e. The Hall–Kier alpha value is -7.75. The van der Waals surface area contributed by atoms with Gasteiger partial charge in [-0.05, 0) is 119 Å². The van der Waals surface area contributed by atoms with Crippen molar-refractivity contribution in [2.45, 2.75) is 26.5 Å². The highest BCUT2D eigenvalue weighted by atomic mass is 32.2. The molecule has 0 N–H and O–H groups in total. The fourth-order valence-electron chi connectivity index (χ4n) is 12.3. The fraction of sp³-hybridized carbons (Fsp3) is 0.0448. The molecule has 0 saturated carbocycles. The Labute approximate surface area is 411 Å². The second kappa shape index (κ2) is 15.9. The van der Waals surface area contributed by atoms with Gasteiger partial charge in [-0.25, -0.2) is 0 Å². The summed E-state index contributed by atoms with van der Waals surface area (Å²) in [7, 11) is 0. The third kappa shape index (κ3) is 6.02. The van der Waals surface area contributed by atoms with Crippen molar-refractivity contribution < 1.29 is 0 Å². The first-order valence-electron chi connectivity index (χ1n) is 23.9. The molecule has 1 aromatic heterocycles. The molecule has 0 saturated heterocycles. The van der Waals surface area contributed by atoms with Crippen LogP contribution >= 0.6 is 23.1 Å². The van der Waals surface area contributed by atoms with Gasteiger partial charge in [0.15, 0.2) is 0 Å². The molecule has 1 aliphatic carbocycles. The van der Waals surface area contributed by atoms with E-state index >= 15 is 0 Å². The number of rotatable bonds is 7. The van der Waals surface area contributed by atoms with Crippen LogP contribution in [-0.4, -0.2) is 0 Å². The lowest BCUT2D eigenvalue weighted by molar-refractivity contribution is 0.700. The van der Waals surface area contributed by atoms with E-state index in [-0.39, 0.29) is 5.92 Å². The maximum atomic E-state index is 2.55. The van der Waals surface area contributed by atoms with E-state index in [0.29, 0.717) is 0 Å². The minimum absolute atomic E-state index is 0.0966. The molecule has 69 heavy (non-hydrogen) atoms. The Kier molecular flexibility index (Phi) is 9.31. The summed E-state index contributed by atoms with van der Waals surface area (Å²) in [5.41, 5.74) is 15.7. The van der Waals surface area contributed by atoms with Crippen LogP contribution in [0.2, 0.25) is 0 Å². The Morgan fingerprint density at radius 1 is 0.290 bits per heavy atom. The van der Waals surface area contributed by atoms with Crippen molar-refractivity contribution in [3.8, 4) is 11.1 Å². The van der Waals surface area contributed by atoms with Crippen molar-refractivity contribution >= 4 is 54.0 Å².